The lowest BCUT2D eigenvalue weighted by atomic mass is 10.1. The van der Waals surface area contributed by atoms with Gasteiger partial charge in [-0.3, -0.25) is 4.79 Å². The van der Waals surface area contributed by atoms with E-state index in [4.69, 9.17) is 5.14 Å². The third-order valence-electron chi connectivity index (χ3n) is 3.80. The van der Waals surface area contributed by atoms with E-state index in [2.05, 4.69) is 15.5 Å². The van der Waals surface area contributed by atoms with Gasteiger partial charge in [-0.2, -0.15) is 0 Å². The molecular weight excluding hydrogens is 362 g/mol. The maximum Gasteiger partial charge on any atom is 0.238 e. The van der Waals surface area contributed by atoms with Crippen molar-refractivity contribution < 1.29 is 13.2 Å². The molecule has 0 atom stereocenters. The lowest BCUT2D eigenvalue weighted by molar-refractivity contribution is -0.118. The average Bonchev–Trinajstić information content (AvgIpc) is 3.31. The van der Waals surface area contributed by atoms with Crippen molar-refractivity contribution >= 4 is 27.7 Å². The van der Waals surface area contributed by atoms with E-state index >= 15 is 0 Å². The maximum atomic E-state index is 11.9. The molecule has 0 unspecified atom stereocenters. The number of nitrogens with zero attached hydrogens (tertiary/aromatic N) is 3. The first-order valence-corrected chi connectivity index (χ1v) is 10.4. The molecule has 1 aliphatic carbocycles. The minimum atomic E-state index is -3.67. The minimum Gasteiger partial charge on any atom is -0.355 e. The number of rotatable bonds is 8. The molecule has 3 N–H and O–H groups in total. The van der Waals surface area contributed by atoms with E-state index in [1.165, 1.54) is 23.9 Å². The Kier molecular flexibility index (Phi) is 5.40. The highest BCUT2D eigenvalue weighted by atomic mass is 32.2. The van der Waals surface area contributed by atoms with Crippen molar-refractivity contribution in [2.75, 3.05) is 12.3 Å². The molecule has 0 aliphatic heterocycles. The van der Waals surface area contributed by atoms with Crippen LogP contribution in [0, 0.1) is 0 Å². The Morgan fingerprint density at radius 2 is 2.04 bits per heavy atom. The van der Waals surface area contributed by atoms with Crippen LogP contribution in [0.1, 0.15) is 24.4 Å². The van der Waals surface area contributed by atoms with Crippen LogP contribution in [0.15, 0.2) is 40.6 Å². The molecule has 0 radical (unpaired) electrons. The number of hydrogen-bond acceptors (Lipinski definition) is 6. The summed E-state index contributed by atoms with van der Waals surface area (Å²) in [6.07, 6.45) is 4.60. The van der Waals surface area contributed by atoms with Crippen molar-refractivity contribution in [3.8, 4) is 0 Å². The number of nitrogens with two attached hydrogens (primary N) is 1. The molecule has 134 valence electrons. The standard InChI is InChI=1S/C15H19N5O3S2/c16-25(22,23)13-5-1-11(2-6-13)7-8-17-14(21)9-24-15-19-18-10-20(15)12-3-4-12/h1-2,5-6,10,12H,3-4,7-9H2,(H,17,21)(H2,16,22,23). The van der Waals surface area contributed by atoms with Crippen LogP contribution in [0.3, 0.4) is 0 Å². The van der Waals surface area contributed by atoms with Crippen LogP contribution < -0.4 is 10.5 Å². The zero-order valence-corrected chi connectivity index (χ0v) is 15.1. The van der Waals surface area contributed by atoms with Crippen LogP contribution in [0.5, 0.6) is 0 Å². The van der Waals surface area contributed by atoms with E-state index in [1.54, 1.807) is 18.5 Å². The lowest BCUT2D eigenvalue weighted by Gasteiger charge is -2.07. The second-order valence-electron chi connectivity index (χ2n) is 5.83. The number of amides is 1. The van der Waals surface area contributed by atoms with Gasteiger partial charge in [0.1, 0.15) is 6.33 Å². The largest absolute Gasteiger partial charge is 0.355 e. The molecule has 25 heavy (non-hydrogen) atoms. The Bertz CT molecular complexity index is 844. The summed E-state index contributed by atoms with van der Waals surface area (Å²) in [6, 6.07) is 6.80. The SMILES string of the molecule is NS(=O)(=O)c1ccc(CCNC(=O)CSc2nncn2C2CC2)cc1. The predicted molar refractivity (Wildman–Crippen MR) is 93.5 cm³/mol. The molecule has 1 heterocycles. The molecule has 2 aromatic rings. The Morgan fingerprint density at radius 3 is 2.68 bits per heavy atom. The summed E-state index contributed by atoms with van der Waals surface area (Å²) in [6.45, 7) is 0.476. The summed E-state index contributed by atoms with van der Waals surface area (Å²) in [5.74, 6) is 0.215. The van der Waals surface area contributed by atoms with E-state index in [9.17, 15) is 13.2 Å². The summed E-state index contributed by atoms with van der Waals surface area (Å²) in [7, 11) is -3.67. The van der Waals surface area contributed by atoms with Crippen molar-refractivity contribution in [2.45, 2.75) is 35.4 Å². The van der Waals surface area contributed by atoms with Crippen molar-refractivity contribution in [3.05, 3.63) is 36.2 Å². The van der Waals surface area contributed by atoms with Crippen molar-refractivity contribution in [2.24, 2.45) is 5.14 Å². The number of benzene rings is 1. The molecule has 8 nitrogen and oxygen atoms in total. The van der Waals surface area contributed by atoms with E-state index < -0.39 is 10.0 Å². The van der Waals surface area contributed by atoms with Gasteiger partial charge in [0.25, 0.3) is 0 Å². The highest BCUT2D eigenvalue weighted by molar-refractivity contribution is 7.99. The zero-order valence-electron chi connectivity index (χ0n) is 13.5. The van der Waals surface area contributed by atoms with Gasteiger partial charge in [-0.25, -0.2) is 13.6 Å². The summed E-state index contributed by atoms with van der Waals surface area (Å²) >= 11 is 1.38. The molecule has 10 heteroatoms. The lowest BCUT2D eigenvalue weighted by Crippen LogP contribution is -2.27. The Labute approximate surface area is 150 Å². The number of carbonyl (C=O) groups is 1. The summed E-state index contributed by atoms with van der Waals surface area (Å²) in [5, 5.41) is 16.6. The summed E-state index contributed by atoms with van der Waals surface area (Å²) < 4.78 is 24.4. The molecule has 1 amide bonds. The van der Waals surface area contributed by atoms with E-state index in [0.717, 1.165) is 23.6 Å². The van der Waals surface area contributed by atoms with Gasteiger partial charge < -0.3 is 9.88 Å². The number of carbonyl (C=O) groups excluding carboxylic acids is 1. The van der Waals surface area contributed by atoms with Crippen LogP contribution >= 0.6 is 11.8 Å². The first-order chi connectivity index (χ1) is 11.9. The van der Waals surface area contributed by atoms with Gasteiger partial charge >= 0.3 is 0 Å². The number of primary sulfonamides is 1. The van der Waals surface area contributed by atoms with Gasteiger partial charge in [0.2, 0.25) is 15.9 Å². The third kappa shape index (κ3) is 5.03. The Morgan fingerprint density at radius 1 is 1.32 bits per heavy atom. The first-order valence-electron chi connectivity index (χ1n) is 7.84. The molecule has 1 fully saturated rings. The van der Waals surface area contributed by atoms with E-state index in [1.807, 2.05) is 4.57 Å². The number of nitrogens with one attached hydrogen (secondary N) is 1. The third-order valence-corrected chi connectivity index (χ3v) is 5.69. The number of hydrogen-bond donors (Lipinski definition) is 2. The number of aromatic nitrogens is 3. The molecular formula is C15H19N5O3S2. The smallest absolute Gasteiger partial charge is 0.238 e. The Balaban J connectivity index is 1.41. The average molecular weight is 381 g/mol. The fourth-order valence-corrected chi connectivity index (χ4v) is 3.64. The van der Waals surface area contributed by atoms with Crippen molar-refractivity contribution in [1.29, 1.82) is 0 Å². The van der Waals surface area contributed by atoms with E-state index in [-0.39, 0.29) is 16.6 Å². The number of sulfonamides is 1. The van der Waals surface area contributed by atoms with Gasteiger partial charge in [-0.1, -0.05) is 23.9 Å². The van der Waals surface area contributed by atoms with Crippen LogP contribution in [0.2, 0.25) is 0 Å². The molecule has 1 aromatic carbocycles. The monoisotopic (exact) mass is 381 g/mol. The van der Waals surface area contributed by atoms with Gasteiger partial charge in [-0.15, -0.1) is 10.2 Å². The maximum absolute atomic E-state index is 11.9. The fraction of sp³-hybridized carbons (Fsp3) is 0.400. The molecule has 0 bridgehead atoms. The van der Waals surface area contributed by atoms with Gasteiger partial charge in [0.15, 0.2) is 5.16 Å². The highest BCUT2D eigenvalue weighted by Crippen LogP contribution is 2.37. The second kappa shape index (κ2) is 7.54. The predicted octanol–water partition coefficient (Wildman–Crippen LogP) is 0.711. The molecule has 1 aromatic heterocycles. The number of thioether (sulfide) groups is 1. The second-order valence-corrected chi connectivity index (χ2v) is 8.33. The normalized spacial score (nSPS) is 14.4. The van der Waals surface area contributed by atoms with Crippen LogP contribution in [-0.2, 0) is 21.2 Å². The van der Waals surface area contributed by atoms with Gasteiger partial charge in [0, 0.05) is 12.6 Å². The molecule has 1 saturated carbocycles. The van der Waals surface area contributed by atoms with E-state index in [0.29, 0.717) is 19.0 Å². The topological polar surface area (TPSA) is 120 Å². The first kappa shape index (κ1) is 17.9. The quantitative estimate of drug-likeness (QED) is 0.650. The van der Waals surface area contributed by atoms with Gasteiger partial charge in [0.05, 0.1) is 10.6 Å². The van der Waals surface area contributed by atoms with Crippen LogP contribution in [0.4, 0.5) is 0 Å². The van der Waals surface area contributed by atoms with Gasteiger partial charge in [-0.05, 0) is 37.0 Å². The van der Waals surface area contributed by atoms with Crippen LogP contribution in [0.25, 0.3) is 0 Å². The van der Waals surface area contributed by atoms with Crippen molar-refractivity contribution in [3.63, 3.8) is 0 Å². The highest BCUT2D eigenvalue weighted by Gasteiger charge is 2.26. The summed E-state index contributed by atoms with van der Waals surface area (Å²) in [5.41, 5.74) is 0.925. The molecule has 1 aliphatic rings. The minimum absolute atomic E-state index is 0.0727. The summed E-state index contributed by atoms with van der Waals surface area (Å²) in [4.78, 5) is 12.0. The Hall–Kier alpha value is -1.91. The fourth-order valence-electron chi connectivity index (χ4n) is 2.31. The van der Waals surface area contributed by atoms with Crippen LogP contribution in [-0.4, -0.2) is 41.4 Å². The molecule has 0 saturated heterocycles. The molecule has 3 rings (SSSR count). The molecule has 0 spiro atoms. The zero-order chi connectivity index (χ0) is 17.9. The van der Waals surface area contributed by atoms with Crippen molar-refractivity contribution in [1.82, 2.24) is 20.1 Å².